The van der Waals surface area contributed by atoms with Crippen LogP contribution in [0.3, 0.4) is 0 Å². The van der Waals surface area contributed by atoms with E-state index in [-0.39, 0.29) is 0 Å². The third-order valence-electron chi connectivity index (χ3n) is 0.399. The SMILES string of the molecule is C[C@@](N)(Cl)C(=O)[O-]. The predicted molar refractivity (Wildman–Crippen MR) is 23.5 cm³/mol. The van der Waals surface area contributed by atoms with Gasteiger partial charge < -0.3 is 15.6 Å². The standard InChI is InChI=1S/C3H6ClNO2/c1-3(4,5)2(6)7/h5H2,1H3,(H,6,7)/p-1/t3-/m0/s1. The van der Waals surface area contributed by atoms with Gasteiger partial charge in [-0.2, -0.15) is 0 Å². The maximum Gasteiger partial charge on any atom is 0.128 e. The van der Waals surface area contributed by atoms with Gasteiger partial charge in [-0.05, 0) is 6.92 Å². The number of hydrogen-bond donors (Lipinski definition) is 1. The quantitative estimate of drug-likeness (QED) is 0.346. The monoisotopic (exact) mass is 122 g/mol. The average Bonchev–Trinajstić information content (AvgIpc) is 1.31. The first kappa shape index (κ1) is 6.72. The number of carboxylic acids is 1. The molecular weight excluding hydrogens is 117 g/mol. The Bertz CT molecular complexity index is 85.4. The number of rotatable bonds is 1. The van der Waals surface area contributed by atoms with E-state index in [2.05, 4.69) is 0 Å². The molecule has 0 aromatic rings. The Morgan fingerprint density at radius 3 is 2.14 bits per heavy atom. The summed E-state index contributed by atoms with van der Waals surface area (Å²) in [6.07, 6.45) is 0. The smallest absolute Gasteiger partial charge is 0.128 e. The number of halogens is 1. The Morgan fingerprint density at radius 2 is 2.14 bits per heavy atom. The molecule has 0 aromatic carbocycles. The fourth-order valence-corrected chi connectivity index (χ4v) is 0. The fourth-order valence-electron chi connectivity index (χ4n) is 0. The lowest BCUT2D eigenvalue weighted by Gasteiger charge is -2.15. The molecule has 0 aliphatic carbocycles. The van der Waals surface area contributed by atoms with E-state index < -0.39 is 11.0 Å². The summed E-state index contributed by atoms with van der Waals surface area (Å²) in [6, 6.07) is 0. The van der Waals surface area contributed by atoms with Crippen molar-refractivity contribution in [3.05, 3.63) is 0 Å². The molecule has 0 radical (unpaired) electrons. The molecule has 42 valence electrons. The lowest BCUT2D eigenvalue weighted by Crippen LogP contribution is -2.48. The largest absolute Gasteiger partial charge is 0.547 e. The summed E-state index contributed by atoms with van der Waals surface area (Å²) < 4.78 is 0. The van der Waals surface area contributed by atoms with Gasteiger partial charge in [0, 0.05) is 0 Å². The van der Waals surface area contributed by atoms with Crippen LogP contribution < -0.4 is 10.8 Å². The van der Waals surface area contributed by atoms with Gasteiger partial charge >= 0.3 is 0 Å². The molecule has 0 saturated heterocycles. The van der Waals surface area contributed by atoms with Gasteiger partial charge in [-0.25, -0.2) is 0 Å². The van der Waals surface area contributed by atoms with E-state index in [1.807, 2.05) is 0 Å². The first-order valence-corrected chi connectivity index (χ1v) is 2.01. The molecule has 0 aromatic heterocycles. The molecule has 0 saturated carbocycles. The number of alkyl halides is 1. The van der Waals surface area contributed by atoms with Crippen LogP contribution in [0.2, 0.25) is 0 Å². The fraction of sp³-hybridized carbons (Fsp3) is 0.667. The maximum absolute atomic E-state index is 9.65. The third-order valence-corrected chi connectivity index (χ3v) is 0.553. The Hall–Kier alpha value is -0.280. The lowest BCUT2D eigenvalue weighted by atomic mass is 10.4. The topological polar surface area (TPSA) is 66.2 Å². The summed E-state index contributed by atoms with van der Waals surface area (Å²) in [4.78, 5) is 7.93. The zero-order valence-corrected chi connectivity index (χ0v) is 4.53. The zero-order valence-electron chi connectivity index (χ0n) is 3.77. The van der Waals surface area contributed by atoms with Gasteiger partial charge in [0.2, 0.25) is 0 Å². The van der Waals surface area contributed by atoms with Gasteiger partial charge in [0.25, 0.3) is 0 Å². The first-order chi connectivity index (χ1) is 2.94. The molecule has 0 spiro atoms. The second kappa shape index (κ2) is 1.68. The van der Waals surface area contributed by atoms with Crippen molar-refractivity contribution in [1.82, 2.24) is 0 Å². The van der Waals surface area contributed by atoms with Crippen LogP contribution in [-0.2, 0) is 4.79 Å². The summed E-state index contributed by atoms with van der Waals surface area (Å²) in [5.74, 6) is -1.46. The van der Waals surface area contributed by atoms with Crippen LogP contribution in [0.5, 0.6) is 0 Å². The number of nitrogens with two attached hydrogens (primary N) is 1. The number of carbonyl (C=O) groups is 1. The van der Waals surface area contributed by atoms with E-state index in [1.54, 1.807) is 0 Å². The van der Waals surface area contributed by atoms with Crippen molar-refractivity contribution in [1.29, 1.82) is 0 Å². The molecule has 0 bridgehead atoms. The highest BCUT2D eigenvalue weighted by atomic mass is 35.5. The minimum atomic E-state index is -1.72. The van der Waals surface area contributed by atoms with Gasteiger partial charge in [0.05, 0.1) is 5.97 Å². The summed E-state index contributed by atoms with van der Waals surface area (Å²) in [5.41, 5.74) is 4.78. The predicted octanol–water partition coefficient (Wildman–Crippen LogP) is -1.35. The molecule has 7 heavy (non-hydrogen) atoms. The highest BCUT2D eigenvalue weighted by Gasteiger charge is 2.13. The summed E-state index contributed by atoms with van der Waals surface area (Å²) in [6.45, 7) is 1.14. The normalized spacial score (nSPS) is 18.1. The summed E-state index contributed by atoms with van der Waals surface area (Å²) >= 11 is 4.98. The van der Waals surface area contributed by atoms with Gasteiger partial charge in [-0.15, -0.1) is 0 Å². The summed E-state index contributed by atoms with van der Waals surface area (Å²) in [5, 5.41) is 9.65. The molecule has 3 nitrogen and oxygen atoms in total. The van der Waals surface area contributed by atoms with E-state index in [0.717, 1.165) is 6.92 Å². The van der Waals surface area contributed by atoms with Crippen molar-refractivity contribution in [3.8, 4) is 0 Å². The molecule has 0 heterocycles. The van der Waals surface area contributed by atoms with Crippen LogP contribution in [0, 0.1) is 0 Å². The number of carboxylic acid groups (broad SMARTS) is 1. The van der Waals surface area contributed by atoms with Gasteiger partial charge in [-0.3, -0.25) is 0 Å². The van der Waals surface area contributed by atoms with Gasteiger partial charge in [-0.1, -0.05) is 11.6 Å². The molecule has 0 rings (SSSR count). The molecule has 0 unspecified atom stereocenters. The second-order valence-corrected chi connectivity index (χ2v) is 2.15. The van der Waals surface area contributed by atoms with Crippen molar-refractivity contribution in [2.75, 3.05) is 0 Å². The van der Waals surface area contributed by atoms with E-state index in [0.29, 0.717) is 0 Å². The molecule has 4 heteroatoms. The van der Waals surface area contributed by atoms with Crippen LogP contribution in [-0.4, -0.2) is 11.0 Å². The Morgan fingerprint density at radius 1 is 2.00 bits per heavy atom. The Kier molecular flexibility index (Phi) is 1.61. The van der Waals surface area contributed by atoms with E-state index in [4.69, 9.17) is 17.3 Å². The summed E-state index contributed by atoms with van der Waals surface area (Å²) in [7, 11) is 0. The highest BCUT2D eigenvalue weighted by Crippen LogP contribution is 2.00. The van der Waals surface area contributed by atoms with E-state index in [1.165, 1.54) is 0 Å². The average molecular weight is 123 g/mol. The second-order valence-electron chi connectivity index (χ2n) is 1.36. The third kappa shape index (κ3) is 2.42. The maximum atomic E-state index is 9.65. The zero-order chi connectivity index (χ0) is 6.08. The minimum absolute atomic E-state index is 1.14. The number of aliphatic carboxylic acids is 1. The van der Waals surface area contributed by atoms with E-state index >= 15 is 0 Å². The van der Waals surface area contributed by atoms with Crippen LogP contribution >= 0.6 is 11.6 Å². The van der Waals surface area contributed by atoms with Crippen molar-refractivity contribution < 1.29 is 9.90 Å². The first-order valence-electron chi connectivity index (χ1n) is 1.64. The molecule has 1 atom stereocenters. The molecule has 0 amide bonds. The van der Waals surface area contributed by atoms with Gasteiger partial charge in [0.15, 0.2) is 0 Å². The Balaban J connectivity index is 3.79. The molecule has 2 N–H and O–H groups in total. The number of carbonyl (C=O) groups excluding carboxylic acids is 1. The van der Waals surface area contributed by atoms with Crippen LogP contribution in [0.25, 0.3) is 0 Å². The minimum Gasteiger partial charge on any atom is -0.547 e. The van der Waals surface area contributed by atoms with Gasteiger partial charge in [0.1, 0.15) is 5.00 Å². The van der Waals surface area contributed by atoms with Crippen LogP contribution in [0.4, 0.5) is 0 Å². The van der Waals surface area contributed by atoms with Crippen molar-refractivity contribution >= 4 is 17.6 Å². The van der Waals surface area contributed by atoms with Crippen molar-refractivity contribution in [2.24, 2.45) is 5.73 Å². The molecule has 0 aliphatic rings. The number of hydrogen-bond acceptors (Lipinski definition) is 3. The molecule has 0 aliphatic heterocycles. The van der Waals surface area contributed by atoms with Crippen LogP contribution in [0.15, 0.2) is 0 Å². The molecular formula is C3H5ClNO2-. The molecule has 0 fully saturated rings. The Labute approximate surface area is 46.1 Å². The van der Waals surface area contributed by atoms with E-state index in [9.17, 15) is 9.90 Å². The lowest BCUT2D eigenvalue weighted by molar-refractivity contribution is -0.308. The van der Waals surface area contributed by atoms with Crippen LogP contribution in [0.1, 0.15) is 6.92 Å². The van der Waals surface area contributed by atoms with Crippen molar-refractivity contribution in [3.63, 3.8) is 0 Å². The van der Waals surface area contributed by atoms with Crippen molar-refractivity contribution in [2.45, 2.75) is 11.9 Å². The highest BCUT2D eigenvalue weighted by molar-refractivity contribution is 6.32.